The quantitative estimate of drug-likeness (QED) is 0.591. The molecule has 0 saturated heterocycles. The number of alkyl halides is 9. The van der Waals surface area contributed by atoms with Crippen molar-refractivity contribution in [1.29, 1.82) is 0 Å². The Balaban J connectivity index is 2.28. The number of carbonyl (C=O) groups excluding carboxylic acids is 2. The van der Waals surface area contributed by atoms with Gasteiger partial charge in [-0.1, -0.05) is 18.2 Å². The highest BCUT2D eigenvalue weighted by Gasteiger charge is 2.37. The van der Waals surface area contributed by atoms with Crippen molar-refractivity contribution in [3.05, 3.63) is 70.3 Å². The van der Waals surface area contributed by atoms with Crippen molar-refractivity contribution >= 4 is 11.8 Å². The van der Waals surface area contributed by atoms with Crippen molar-refractivity contribution in [3.8, 4) is 0 Å². The predicted molar refractivity (Wildman–Crippen MR) is 96.4 cm³/mol. The molecule has 0 spiro atoms. The van der Waals surface area contributed by atoms with Crippen LogP contribution in [0.25, 0.3) is 0 Å². The van der Waals surface area contributed by atoms with Crippen molar-refractivity contribution in [3.63, 3.8) is 0 Å². The SMILES string of the molecule is NC(=O)[C@H](Cc1ccccc1C(F)(F)F)NC(=O)Cc1cc(C(F)(F)F)cc(C(F)(F)F)c1. The van der Waals surface area contributed by atoms with Gasteiger partial charge in [0, 0.05) is 6.42 Å². The molecule has 0 aromatic heterocycles. The van der Waals surface area contributed by atoms with E-state index in [1.807, 2.05) is 5.32 Å². The normalized spacial score (nSPS) is 13.5. The summed E-state index contributed by atoms with van der Waals surface area (Å²) in [6.45, 7) is 0. The summed E-state index contributed by atoms with van der Waals surface area (Å²) in [4.78, 5) is 23.9. The van der Waals surface area contributed by atoms with E-state index in [-0.39, 0.29) is 6.07 Å². The van der Waals surface area contributed by atoms with Gasteiger partial charge in [0.1, 0.15) is 6.04 Å². The van der Waals surface area contributed by atoms with Crippen LogP contribution in [0, 0.1) is 0 Å². The van der Waals surface area contributed by atoms with Crippen molar-refractivity contribution in [1.82, 2.24) is 5.32 Å². The highest BCUT2D eigenvalue weighted by Crippen LogP contribution is 2.36. The number of amides is 2. The summed E-state index contributed by atoms with van der Waals surface area (Å²) >= 11 is 0. The molecule has 0 unspecified atom stereocenters. The van der Waals surface area contributed by atoms with Crippen molar-refractivity contribution in [2.45, 2.75) is 37.4 Å². The Morgan fingerprint density at radius 3 is 1.79 bits per heavy atom. The minimum atomic E-state index is -5.14. The Hall–Kier alpha value is -3.25. The molecule has 180 valence electrons. The fraction of sp³-hybridized carbons (Fsp3) is 0.300. The topological polar surface area (TPSA) is 72.2 Å². The van der Waals surface area contributed by atoms with E-state index in [4.69, 9.17) is 5.73 Å². The van der Waals surface area contributed by atoms with Crippen LogP contribution >= 0.6 is 0 Å². The van der Waals surface area contributed by atoms with Gasteiger partial charge in [-0.3, -0.25) is 9.59 Å². The highest BCUT2D eigenvalue weighted by molar-refractivity contribution is 5.87. The molecule has 0 saturated carbocycles. The standard InChI is InChI=1S/C20H15F9N2O2/c21-18(22,23)12-5-10(6-13(9-12)19(24,25)26)7-16(32)31-15(17(30)33)8-11-3-1-2-4-14(11)20(27,28)29/h1-6,9,15H,7-8H2,(H2,30,33)(H,31,32)/t15-/m0/s1. The number of halogens is 9. The summed E-state index contributed by atoms with van der Waals surface area (Å²) in [5.41, 5.74) is -0.347. The first-order chi connectivity index (χ1) is 15.0. The fourth-order valence-corrected chi connectivity index (χ4v) is 2.97. The summed E-state index contributed by atoms with van der Waals surface area (Å²) in [6, 6.07) is 2.93. The summed E-state index contributed by atoms with van der Waals surface area (Å²) in [5.74, 6) is -2.46. The Morgan fingerprint density at radius 1 is 0.818 bits per heavy atom. The number of benzene rings is 2. The maximum Gasteiger partial charge on any atom is 0.416 e. The van der Waals surface area contributed by atoms with Crippen LogP contribution in [0.1, 0.15) is 27.8 Å². The van der Waals surface area contributed by atoms with Gasteiger partial charge in [0.2, 0.25) is 11.8 Å². The minimum absolute atomic E-state index is 0.123. The number of rotatable bonds is 6. The van der Waals surface area contributed by atoms with Gasteiger partial charge in [0.25, 0.3) is 0 Å². The lowest BCUT2D eigenvalue weighted by atomic mass is 9.98. The highest BCUT2D eigenvalue weighted by atomic mass is 19.4. The van der Waals surface area contributed by atoms with Gasteiger partial charge in [-0.25, -0.2) is 0 Å². The Morgan fingerprint density at radius 2 is 1.33 bits per heavy atom. The molecule has 0 fully saturated rings. The molecule has 4 nitrogen and oxygen atoms in total. The Kier molecular flexibility index (Phi) is 7.34. The van der Waals surface area contributed by atoms with Crippen LogP contribution in [0.4, 0.5) is 39.5 Å². The smallest absolute Gasteiger partial charge is 0.368 e. The van der Waals surface area contributed by atoms with Crippen molar-refractivity contribution in [2.24, 2.45) is 5.73 Å². The molecule has 33 heavy (non-hydrogen) atoms. The van der Waals surface area contributed by atoms with Crippen molar-refractivity contribution < 1.29 is 49.1 Å². The van der Waals surface area contributed by atoms with Gasteiger partial charge in [-0.2, -0.15) is 39.5 Å². The molecule has 0 aliphatic carbocycles. The lowest BCUT2D eigenvalue weighted by molar-refractivity contribution is -0.143. The zero-order valence-corrected chi connectivity index (χ0v) is 16.3. The first-order valence-electron chi connectivity index (χ1n) is 9.00. The number of hydrogen-bond donors (Lipinski definition) is 2. The van der Waals surface area contributed by atoms with Gasteiger partial charge in [0.15, 0.2) is 0 Å². The van der Waals surface area contributed by atoms with E-state index in [0.717, 1.165) is 18.2 Å². The number of nitrogens with two attached hydrogens (primary N) is 1. The van der Waals surface area contributed by atoms with Crippen LogP contribution in [0.3, 0.4) is 0 Å². The molecule has 0 aliphatic rings. The zero-order valence-electron chi connectivity index (χ0n) is 16.3. The first-order valence-corrected chi connectivity index (χ1v) is 9.00. The second-order valence-corrected chi connectivity index (χ2v) is 6.97. The molecule has 2 rings (SSSR count). The van der Waals surface area contributed by atoms with Gasteiger partial charge >= 0.3 is 18.5 Å². The lowest BCUT2D eigenvalue weighted by Gasteiger charge is -2.19. The summed E-state index contributed by atoms with van der Waals surface area (Å²) in [5, 5.41) is 1.97. The molecule has 2 aromatic rings. The maximum absolute atomic E-state index is 13.1. The van der Waals surface area contributed by atoms with Crippen LogP contribution in [0.2, 0.25) is 0 Å². The fourth-order valence-electron chi connectivity index (χ4n) is 2.97. The predicted octanol–water partition coefficient (Wildman–Crippen LogP) is 4.50. The molecular formula is C20H15F9N2O2. The third kappa shape index (κ3) is 7.12. The van der Waals surface area contributed by atoms with E-state index < -0.39 is 77.0 Å². The molecule has 13 heteroatoms. The van der Waals surface area contributed by atoms with E-state index in [9.17, 15) is 49.1 Å². The molecular weight excluding hydrogens is 471 g/mol. The second-order valence-electron chi connectivity index (χ2n) is 6.97. The van der Waals surface area contributed by atoms with E-state index in [0.29, 0.717) is 12.1 Å². The summed E-state index contributed by atoms with van der Waals surface area (Å²) in [7, 11) is 0. The third-order valence-electron chi connectivity index (χ3n) is 4.44. The van der Waals surface area contributed by atoms with Crippen molar-refractivity contribution in [2.75, 3.05) is 0 Å². The van der Waals surface area contributed by atoms with Gasteiger partial charge in [-0.05, 0) is 35.4 Å². The van der Waals surface area contributed by atoms with Gasteiger partial charge < -0.3 is 11.1 Å². The zero-order chi connectivity index (χ0) is 25.2. The average molecular weight is 486 g/mol. The molecule has 2 amide bonds. The van der Waals surface area contributed by atoms with E-state index in [1.54, 1.807) is 0 Å². The van der Waals surface area contributed by atoms with E-state index >= 15 is 0 Å². The molecule has 2 aromatic carbocycles. The lowest BCUT2D eigenvalue weighted by Crippen LogP contribution is -2.46. The molecule has 1 atom stereocenters. The third-order valence-corrected chi connectivity index (χ3v) is 4.44. The molecule has 0 radical (unpaired) electrons. The average Bonchev–Trinajstić information content (AvgIpc) is 2.65. The molecule has 0 heterocycles. The van der Waals surface area contributed by atoms with Crippen LogP contribution in [0.15, 0.2) is 42.5 Å². The molecule has 0 aliphatic heterocycles. The Labute approximate surface area is 180 Å². The van der Waals surface area contributed by atoms with Crippen LogP contribution in [-0.4, -0.2) is 17.9 Å². The van der Waals surface area contributed by atoms with E-state index in [1.165, 1.54) is 6.07 Å². The number of nitrogens with one attached hydrogen (secondary N) is 1. The number of primary amides is 1. The molecule has 3 N–H and O–H groups in total. The van der Waals surface area contributed by atoms with E-state index in [2.05, 4.69) is 0 Å². The van der Waals surface area contributed by atoms with Crippen LogP contribution in [0.5, 0.6) is 0 Å². The molecule has 0 bridgehead atoms. The van der Waals surface area contributed by atoms with Gasteiger partial charge in [-0.15, -0.1) is 0 Å². The monoisotopic (exact) mass is 486 g/mol. The number of hydrogen-bond acceptors (Lipinski definition) is 2. The summed E-state index contributed by atoms with van der Waals surface area (Å²) < 4.78 is 117. The number of carbonyl (C=O) groups is 2. The second kappa shape index (κ2) is 9.32. The summed E-state index contributed by atoms with van der Waals surface area (Å²) in [6.07, 6.45) is -16.8. The largest absolute Gasteiger partial charge is 0.416 e. The first kappa shape index (κ1) is 26.0. The minimum Gasteiger partial charge on any atom is -0.368 e. The van der Waals surface area contributed by atoms with Crippen LogP contribution in [-0.2, 0) is 41.0 Å². The Bertz CT molecular complexity index is 995. The maximum atomic E-state index is 13.1. The van der Waals surface area contributed by atoms with Gasteiger partial charge in [0.05, 0.1) is 23.1 Å². The van der Waals surface area contributed by atoms with Crippen LogP contribution < -0.4 is 11.1 Å².